The predicted octanol–water partition coefficient (Wildman–Crippen LogP) is 2.75. The SMILES string of the molecule is OC1(OOC2CCCCC2)Cc2ccccc2C1. The lowest BCUT2D eigenvalue weighted by Gasteiger charge is -2.26. The Kier molecular flexibility index (Phi) is 3.37. The zero-order valence-corrected chi connectivity index (χ0v) is 10.6. The van der Waals surface area contributed by atoms with E-state index < -0.39 is 5.79 Å². The van der Waals surface area contributed by atoms with Crippen LogP contribution in [-0.2, 0) is 22.6 Å². The van der Waals surface area contributed by atoms with Gasteiger partial charge in [0.2, 0.25) is 5.79 Å². The van der Waals surface area contributed by atoms with Crippen LogP contribution in [0.25, 0.3) is 0 Å². The molecule has 3 heteroatoms. The normalized spacial score (nSPS) is 22.9. The van der Waals surface area contributed by atoms with Crippen LogP contribution in [0.2, 0.25) is 0 Å². The first kappa shape index (κ1) is 12.2. The summed E-state index contributed by atoms with van der Waals surface area (Å²) >= 11 is 0. The summed E-state index contributed by atoms with van der Waals surface area (Å²) in [6.45, 7) is 0. The van der Waals surface area contributed by atoms with E-state index in [1.807, 2.05) is 24.3 Å². The van der Waals surface area contributed by atoms with Crippen molar-refractivity contribution in [3.63, 3.8) is 0 Å². The van der Waals surface area contributed by atoms with Crippen LogP contribution >= 0.6 is 0 Å². The highest BCUT2D eigenvalue weighted by atomic mass is 17.2. The fraction of sp³-hybridized carbons (Fsp3) is 0.600. The molecule has 0 spiro atoms. The Morgan fingerprint density at radius 2 is 1.61 bits per heavy atom. The summed E-state index contributed by atoms with van der Waals surface area (Å²) in [5, 5.41) is 10.4. The maximum Gasteiger partial charge on any atom is 0.207 e. The van der Waals surface area contributed by atoms with Gasteiger partial charge in [-0.2, -0.15) is 0 Å². The van der Waals surface area contributed by atoms with Crippen molar-refractivity contribution in [2.45, 2.75) is 56.8 Å². The highest BCUT2D eigenvalue weighted by Crippen LogP contribution is 2.32. The van der Waals surface area contributed by atoms with Gasteiger partial charge in [-0.1, -0.05) is 43.5 Å². The van der Waals surface area contributed by atoms with Crippen molar-refractivity contribution in [1.29, 1.82) is 0 Å². The molecular weight excluding hydrogens is 228 g/mol. The van der Waals surface area contributed by atoms with E-state index in [-0.39, 0.29) is 6.10 Å². The van der Waals surface area contributed by atoms with Crippen molar-refractivity contribution in [1.82, 2.24) is 0 Å². The molecule has 2 aliphatic rings. The number of benzene rings is 1. The molecule has 2 aliphatic carbocycles. The fourth-order valence-corrected chi connectivity index (χ4v) is 2.94. The highest BCUT2D eigenvalue weighted by molar-refractivity contribution is 5.33. The van der Waals surface area contributed by atoms with Gasteiger partial charge in [-0.25, -0.2) is 9.78 Å². The van der Waals surface area contributed by atoms with Crippen molar-refractivity contribution >= 4 is 0 Å². The van der Waals surface area contributed by atoms with Gasteiger partial charge in [-0.15, -0.1) is 0 Å². The Hall–Kier alpha value is -0.900. The van der Waals surface area contributed by atoms with Gasteiger partial charge < -0.3 is 5.11 Å². The van der Waals surface area contributed by atoms with Gasteiger partial charge >= 0.3 is 0 Å². The van der Waals surface area contributed by atoms with Crippen molar-refractivity contribution in [2.75, 3.05) is 0 Å². The third kappa shape index (κ3) is 2.58. The molecule has 0 aromatic heterocycles. The molecule has 1 aromatic rings. The van der Waals surface area contributed by atoms with Crippen molar-refractivity contribution in [2.24, 2.45) is 0 Å². The van der Waals surface area contributed by atoms with Gasteiger partial charge in [-0.05, 0) is 24.0 Å². The lowest BCUT2D eigenvalue weighted by Crippen LogP contribution is -2.35. The Bertz CT molecular complexity index is 385. The van der Waals surface area contributed by atoms with Crippen LogP contribution in [0, 0.1) is 0 Å². The molecule has 3 nitrogen and oxygen atoms in total. The zero-order chi connectivity index (χ0) is 12.4. The van der Waals surface area contributed by atoms with E-state index in [4.69, 9.17) is 9.78 Å². The monoisotopic (exact) mass is 248 g/mol. The molecule has 0 saturated heterocycles. The molecule has 0 atom stereocenters. The quantitative estimate of drug-likeness (QED) is 0.508. The van der Waals surface area contributed by atoms with Crippen LogP contribution in [0.3, 0.4) is 0 Å². The van der Waals surface area contributed by atoms with Gasteiger partial charge in [-0.3, -0.25) is 0 Å². The topological polar surface area (TPSA) is 38.7 Å². The molecule has 98 valence electrons. The highest BCUT2D eigenvalue weighted by Gasteiger charge is 2.38. The molecular formula is C15H20O3. The molecule has 0 heterocycles. The maximum absolute atomic E-state index is 10.4. The number of rotatable bonds is 3. The predicted molar refractivity (Wildman–Crippen MR) is 67.8 cm³/mol. The summed E-state index contributed by atoms with van der Waals surface area (Å²) in [5.41, 5.74) is 2.32. The van der Waals surface area contributed by atoms with E-state index in [0.29, 0.717) is 12.8 Å². The number of hydrogen-bond acceptors (Lipinski definition) is 3. The van der Waals surface area contributed by atoms with E-state index in [1.165, 1.54) is 19.3 Å². The minimum atomic E-state index is -1.17. The largest absolute Gasteiger partial charge is 0.363 e. The third-order valence-corrected chi connectivity index (χ3v) is 3.94. The summed E-state index contributed by atoms with van der Waals surface area (Å²) in [4.78, 5) is 10.8. The fourth-order valence-electron chi connectivity index (χ4n) is 2.94. The minimum absolute atomic E-state index is 0.159. The number of hydrogen-bond donors (Lipinski definition) is 1. The smallest absolute Gasteiger partial charge is 0.207 e. The standard InChI is InChI=1S/C15H20O3/c16-15(18-17-14-8-2-1-3-9-14)10-12-6-4-5-7-13(12)11-15/h4-7,14,16H,1-3,8-11H2. The second-order valence-corrected chi connectivity index (χ2v) is 5.51. The number of aliphatic hydroxyl groups is 1. The second-order valence-electron chi connectivity index (χ2n) is 5.51. The van der Waals surface area contributed by atoms with E-state index in [2.05, 4.69) is 0 Å². The van der Waals surface area contributed by atoms with Gasteiger partial charge in [0, 0.05) is 12.8 Å². The van der Waals surface area contributed by atoms with Crippen molar-refractivity contribution < 1.29 is 14.9 Å². The molecule has 0 radical (unpaired) electrons. The molecule has 1 fully saturated rings. The third-order valence-electron chi connectivity index (χ3n) is 3.94. The van der Waals surface area contributed by atoms with Crippen LogP contribution in [0.15, 0.2) is 24.3 Å². The minimum Gasteiger partial charge on any atom is -0.363 e. The molecule has 3 rings (SSSR count). The maximum atomic E-state index is 10.4. The van der Waals surface area contributed by atoms with E-state index in [0.717, 1.165) is 24.0 Å². The first-order valence-electron chi connectivity index (χ1n) is 6.89. The Morgan fingerprint density at radius 3 is 2.22 bits per heavy atom. The molecule has 0 bridgehead atoms. The van der Waals surface area contributed by atoms with E-state index in [9.17, 15) is 5.11 Å². The van der Waals surface area contributed by atoms with E-state index in [1.54, 1.807) is 0 Å². The van der Waals surface area contributed by atoms with Crippen LogP contribution in [0.5, 0.6) is 0 Å². The first-order valence-corrected chi connectivity index (χ1v) is 6.89. The lowest BCUT2D eigenvalue weighted by molar-refractivity contribution is -0.436. The molecule has 1 aromatic carbocycles. The summed E-state index contributed by atoms with van der Waals surface area (Å²) in [6, 6.07) is 8.06. The second kappa shape index (κ2) is 5.00. The van der Waals surface area contributed by atoms with Crippen LogP contribution in [0.4, 0.5) is 0 Å². The average Bonchev–Trinajstić information content (AvgIpc) is 2.74. The van der Waals surface area contributed by atoms with Gasteiger partial charge in [0.15, 0.2) is 0 Å². The first-order chi connectivity index (χ1) is 8.75. The summed E-state index contributed by atoms with van der Waals surface area (Å²) in [5.74, 6) is -1.17. The van der Waals surface area contributed by atoms with Crippen LogP contribution in [0.1, 0.15) is 43.2 Å². The molecule has 18 heavy (non-hydrogen) atoms. The van der Waals surface area contributed by atoms with Gasteiger partial charge in [0.25, 0.3) is 0 Å². The number of fused-ring (bicyclic) bond motifs is 1. The Morgan fingerprint density at radius 1 is 1.00 bits per heavy atom. The lowest BCUT2D eigenvalue weighted by atomic mass is 9.98. The van der Waals surface area contributed by atoms with Crippen LogP contribution in [-0.4, -0.2) is 17.0 Å². The van der Waals surface area contributed by atoms with Crippen molar-refractivity contribution in [3.05, 3.63) is 35.4 Å². The van der Waals surface area contributed by atoms with Crippen molar-refractivity contribution in [3.8, 4) is 0 Å². The van der Waals surface area contributed by atoms with Crippen LogP contribution < -0.4 is 0 Å². The average molecular weight is 248 g/mol. The molecule has 0 aliphatic heterocycles. The summed E-state index contributed by atoms with van der Waals surface area (Å²) in [7, 11) is 0. The zero-order valence-electron chi connectivity index (χ0n) is 10.6. The van der Waals surface area contributed by atoms with Gasteiger partial charge in [0.05, 0.1) is 6.10 Å². The molecule has 1 saturated carbocycles. The summed E-state index contributed by atoms with van der Waals surface area (Å²) in [6.07, 6.45) is 6.98. The molecule has 0 unspecified atom stereocenters. The van der Waals surface area contributed by atoms with Gasteiger partial charge in [0.1, 0.15) is 0 Å². The Balaban J connectivity index is 1.57. The van der Waals surface area contributed by atoms with E-state index >= 15 is 0 Å². The molecule has 0 amide bonds. The Labute approximate surface area is 108 Å². The molecule has 1 N–H and O–H groups in total. The summed E-state index contributed by atoms with van der Waals surface area (Å²) < 4.78 is 0.